The van der Waals surface area contributed by atoms with E-state index in [2.05, 4.69) is 11.8 Å². The molecule has 1 spiro atoms. The third kappa shape index (κ3) is 4.09. The molecule has 1 aromatic carbocycles. The minimum absolute atomic E-state index is 0.0457. The van der Waals surface area contributed by atoms with Crippen LogP contribution in [-0.2, 0) is 19.8 Å². The van der Waals surface area contributed by atoms with Crippen LogP contribution in [0.5, 0.6) is 0 Å². The summed E-state index contributed by atoms with van der Waals surface area (Å²) in [6, 6.07) is 3.88. The van der Waals surface area contributed by atoms with Gasteiger partial charge in [-0.3, -0.25) is 9.59 Å². The van der Waals surface area contributed by atoms with Gasteiger partial charge in [0.05, 0.1) is 0 Å². The molecule has 2 aliphatic rings. The molecule has 1 aromatic rings. The van der Waals surface area contributed by atoms with Crippen molar-refractivity contribution >= 4 is 21.8 Å². The van der Waals surface area contributed by atoms with Gasteiger partial charge in [-0.05, 0) is 67.9 Å². The predicted octanol–water partition coefficient (Wildman–Crippen LogP) is 2.58. The third-order valence-corrected chi connectivity index (χ3v) is 8.41. The smallest absolute Gasteiger partial charge is 0.281 e. The minimum Gasteiger partial charge on any atom is -0.299 e. The largest absolute Gasteiger partial charge is 0.299 e. The van der Waals surface area contributed by atoms with Crippen molar-refractivity contribution in [3.05, 3.63) is 34.4 Å². The van der Waals surface area contributed by atoms with E-state index >= 15 is 0 Å². The molecule has 0 atom stereocenters. The average molecular weight is 431 g/mol. The second-order valence-electron chi connectivity index (χ2n) is 8.81. The van der Waals surface area contributed by atoms with Crippen LogP contribution >= 0.6 is 0 Å². The van der Waals surface area contributed by atoms with E-state index in [0.717, 1.165) is 22.3 Å². The van der Waals surface area contributed by atoms with Gasteiger partial charge >= 0.3 is 0 Å². The molecule has 1 aliphatic heterocycles. The van der Waals surface area contributed by atoms with Crippen LogP contribution in [0.25, 0.3) is 0 Å². The molecule has 0 N–H and O–H groups in total. The van der Waals surface area contributed by atoms with E-state index in [1.54, 1.807) is 6.92 Å². The van der Waals surface area contributed by atoms with Crippen molar-refractivity contribution < 1.29 is 18.0 Å². The SMILES string of the molecule is CC#Cc1cc(C)c(C2C(=O)CC3(CCN(S(=O)(=O)N(C)C)CC3)CC2=O)c(C)c1. The molecule has 7 heteroatoms. The maximum absolute atomic E-state index is 13.2. The van der Waals surface area contributed by atoms with Crippen LogP contribution in [0, 0.1) is 31.1 Å². The highest BCUT2D eigenvalue weighted by Crippen LogP contribution is 2.47. The van der Waals surface area contributed by atoms with Crippen molar-refractivity contribution in [2.75, 3.05) is 27.2 Å². The van der Waals surface area contributed by atoms with E-state index in [4.69, 9.17) is 0 Å². The Hall–Kier alpha value is -2.01. The Morgan fingerprint density at radius 3 is 1.97 bits per heavy atom. The Bertz CT molecular complexity index is 996. The zero-order valence-electron chi connectivity index (χ0n) is 18.4. The molecule has 1 saturated heterocycles. The molecular weight excluding hydrogens is 400 g/mol. The van der Waals surface area contributed by atoms with Crippen LogP contribution in [0.15, 0.2) is 12.1 Å². The molecule has 2 fully saturated rings. The lowest BCUT2D eigenvalue weighted by atomic mass is 9.63. The van der Waals surface area contributed by atoms with Crippen molar-refractivity contribution in [2.24, 2.45) is 5.41 Å². The second-order valence-corrected chi connectivity index (χ2v) is 10.9. The van der Waals surface area contributed by atoms with Crippen molar-refractivity contribution in [2.45, 2.75) is 52.4 Å². The van der Waals surface area contributed by atoms with Crippen LogP contribution < -0.4 is 0 Å². The quantitative estimate of drug-likeness (QED) is 0.546. The van der Waals surface area contributed by atoms with Crippen LogP contribution in [0.1, 0.15) is 60.8 Å². The van der Waals surface area contributed by atoms with Gasteiger partial charge in [-0.15, -0.1) is 5.92 Å². The summed E-state index contributed by atoms with van der Waals surface area (Å²) >= 11 is 0. The Morgan fingerprint density at radius 1 is 1.03 bits per heavy atom. The number of carbonyl (C=O) groups excluding carboxylic acids is 2. The third-order valence-electron chi connectivity index (χ3n) is 6.46. The lowest BCUT2D eigenvalue weighted by Gasteiger charge is -2.44. The molecule has 1 heterocycles. The normalized spacial score (nSPS) is 20.5. The van der Waals surface area contributed by atoms with E-state index < -0.39 is 21.5 Å². The summed E-state index contributed by atoms with van der Waals surface area (Å²) in [7, 11) is -0.443. The van der Waals surface area contributed by atoms with Gasteiger partial charge in [-0.2, -0.15) is 17.0 Å². The number of nitrogens with zero attached hydrogens (tertiary/aromatic N) is 2. The first-order valence-electron chi connectivity index (χ1n) is 10.3. The Balaban J connectivity index is 1.82. The molecule has 0 radical (unpaired) electrons. The van der Waals surface area contributed by atoms with Crippen molar-refractivity contribution in [3.63, 3.8) is 0 Å². The number of hydrogen-bond donors (Lipinski definition) is 0. The molecule has 1 aliphatic carbocycles. The maximum atomic E-state index is 13.2. The Labute approximate surface area is 179 Å². The fourth-order valence-corrected chi connectivity index (χ4v) is 6.04. The minimum atomic E-state index is -3.47. The zero-order chi connectivity index (χ0) is 22.3. The number of carbonyl (C=O) groups is 2. The first kappa shape index (κ1) is 22.7. The van der Waals surface area contributed by atoms with Gasteiger partial charge in [0.15, 0.2) is 0 Å². The van der Waals surface area contributed by atoms with Gasteiger partial charge in [0, 0.05) is 45.6 Å². The monoisotopic (exact) mass is 430 g/mol. The summed E-state index contributed by atoms with van der Waals surface area (Å²) in [5.41, 5.74) is 3.12. The molecule has 30 heavy (non-hydrogen) atoms. The lowest BCUT2D eigenvalue weighted by molar-refractivity contribution is -0.138. The van der Waals surface area contributed by atoms with Crippen LogP contribution in [0.3, 0.4) is 0 Å². The van der Waals surface area contributed by atoms with E-state index in [-0.39, 0.29) is 11.6 Å². The van der Waals surface area contributed by atoms with Gasteiger partial charge in [-0.25, -0.2) is 0 Å². The average Bonchev–Trinajstić information content (AvgIpc) is 2.64. The summed E-state index contributed by atoms with van der Waals surface area (Å²) in [5.74, 6) is 5.11. The maximum Gasteiger partial charge on any atom is 0.281 e. The van der Waals surface area contributed by atoms with Crippen LogP contribution in [0.4, 0.5) is 0 Å². The predicted molar refractivity (Wildman–Crippen MR) is 116 cm³/mol. The van der Waals surface area contributed by atoms with Gasteiger partial charge in [0.2, 0.25) is 0 Å². The number of aryl methyl sites for hydroxylation is 2. The number of hydrogen-bond acceptors (Lipinski definition) is 4. The zero-order valence-corrected chi connectivity index (χ0v) is 19.2. The highest BCUT2D eigenvalue weighted by Gasteiger charge is 2.48. The summed E-state index contributed by atoms with van der Waals surface area (Å²) in [6.07, 6.45) is 1.73. The molecule has 0 bridgehead atoms. The summed E-state index contributed by atoms with van der Waals surface area (Å²) in [6.45, 7) is 6.32. The highest BCUT2D eigenvalue weighted by molar-refractivity contribution is 7.86. The van der Waals surface area contributed by atoms with E-state index in [1.807, 2.05) is 26.0 Å². The lowest BCUT2D eigenvalue weighted by Crippen LogP contribution is -2.50. The molecule has 0 amide bonds. The first-order chi connectivity index (χ1) is 14.0. The van der Waals surface area contributed by atoms with E-state index in [9.17, 15) is 18.0 Å². The van der Waals surface area contributed by atoms with Crippen molar-refractivity contribution in [3.8, 4) is 11.8 Å². The topological polar surface area (TPSA) is 74.8 Å². The van der Waals surface area contributed by atoms with Crippen LogP contribution in [0.2, 0.25) is 0 Å². The summed E-state index contributed by atoms with van der Waals surface area (Å²) in [4.78, 5) is 26.4. The Kier molecular flexibility index (Phi) is 6.24. The molecular formula is C23H30N2O4S. The van der Waals surface area contributed by atoms with E-state index in [1.165, 1.54) is 22.7 Å². The highest BCUT2D eigenvalue weighted by atomic mass is 32.2. The number of benzene rings is 1. The molecule has 0 unspecified atom stereocenters. The van der Waals surface area contributed by atoms with Crippen molar-refractivity contribution in [1.82, 2.24) is 8.61 Å². The number of Topliss-reactive ketones (excluding diaryl/α,β-unsaturated/α-hetero) is 2. The summed E-state index contributed by atoms with van der Waals surface area (Å²) in [5, 5.41) is 0. The molecule has 3 rings (SSSR count). The van der Waals surface area contributed by atoms with Gasteiger partial charge < -0.3 is 0 Å². The molecule has 0 aromatic heterocycles. The molecule has 6 nitrogen and oxygen atoms in total. The van der Waals surface area contributed by atoms with Gasteiger partial charge in [0.25, 0.3) is 10.2 Å². The van der Waals surface area contributed by atoms with Crippen LogP contribution in [-0.4, -0.2) is 55.8 Å². The standard InChI is InChI=1S/C23H30N2O4S/c1-6-7-18-12-16(2)21(17(3)13-18)22-19(26)14-23(15-20(22)27)8-10-25(11-9-23)30(28,29)24(4)5/h12-13,22H,8-11,14-15H2,1-5H3. The molecule has 162 valence electrons. The second kappa shape index (κ2) is 8.26. The van der Waals surface area contributed by atoms with E-state index in [0.29, 0.717) is 38.8 Å². The van der Waals surface area contributed by atoms with Gasteiger partial charge in [0.1, 0.15) is 17.5 Å². The number of ketones is 2. The number of piperidine rings is 1. The fourth-order valence-electron chi connectivity index (χ4n) is 4.93. The Morgan fingerprint density at radius 2 is 1.53 bits per heavy atom. The van der Waals surface area contributed by atoms with Gasteiger partial charge in [-0.1, -0.05) is 5.92 Å². The fraction of sp³-hybridized carbons (Fsp3) is 0.565. The summed E-state index contributed by atoms with van der Waals surface area (Å²) < 4.78 is 27.4. The molecule has 1 saturated carbocycles. The number of rotatable bonds is 3. The first-order valence-corrected chi connectivity index (χ1v) is 11.7. The van der Waals surface area contributed by atoms with Crippen molar-refractivity contribution in [1.29, 1.82) is 0 Å².